The van der Waals surface area contributed by atoms with Gasteiger partial charge in [-0.25, -0.2) is 0 Å². The van der Waals surface area contributed by atoms with Crippen molar-refractivity contribution in [1.82, 2.24) is 4.90 Å². The molecule has 1 aromatic carbocycles. The summed E-state index contributed by atoms with van der Waals surface area (Å²) in [6, 6.07) is 7.96. The van der Waals surface area contributed by atoms with Crippen molar-refractivity contribution in [3.8, 4) is 5.75 Å². The number of benzene rings is 1. The summed E-state index contributed by atoms with van der Waals surface area (Å²) in [4.78, 5) is 13.6. The molecule has 2 aliphatic rings. The van der Waals surface area contributed by atoms with E-state index in [2.05, 4.69) is 4.90 Å². The zero-order valence-electron chi connectivity index (χ0n) is 12.4. The fourth-order valence-electron chi connectivity index (χ4n) is 3.39. The van der Waals surface area contributed by atoms with Crippen LogP contribution in [0, 0.1) is 0 Å². The Morgan fingerprint density at radius 3 is 2.71 bits per heavy atom. The number of carbonyl (C=O) groups excluding carboxylic acids is 1. The highest BCUT2D eigenvalue weighted by Crippen LogP contribution is 2.29. The lowest BCUT2D eigenvalue weighted by atomic mass is 9.90. The van der Waals surface area contributed by atoms with E-state index in [0.717, 1.165) is 44.8 Å². The number of aldehydes is 1. The number of nitrogens with zero attached hydrogens (tertiary/aromatic N) is 1. The zero-order chi connectivity index (χ0) is 14.5. The number of rotatable bonds is 4. The van der Waals surface area contributed by atoms with Crippen LogP contribution >= 0.6 is 0 Å². The fraction of sp³-hybridized carbons (Fsp3) is 0.588. The lowest BCUT2D eigenvalue weighted by molar-refractivity contribution is -0.0282. The first-order chi connectivity index (χ1) is 10.4. The Hall–Kier alpha value is -1.39. The molecule has 2 fully saturated rings. The van der Waals surface area contributed by atoms with Crippen LogP contribution in [0.1, 0.15) is 36.0 Å². The molecule has 1 saturated carbocycles. The lowest BCUT2D eigenvalue weighted by Gasteiger charge is -2.41. The second-order valence-electron chi connectivity index (χ2n) is 5.81. The highest BCUT2D eigenvalue weighted by Gasteiger charge is 2.32. The zero-order valence-corrected chi connectivity index (χ0v) is 12.4. The van der Waals surface area contributed by atoms with Gasteiger partial charge in [-0.05, 0) is 31.4 Å². The Labute approximate surface area is 126 Å². The van der Waals surface area contributed by atoms with Gasteiger partial charge >= 0.3 is 0 Å². The smallest absolute Gasteiger partial charge is 0.153 e. The van der Waals surface area contributed by atoms with E-state index < -0.39 is 0 Å². The van der Waals surface area contributed by atoms with Crippen molar-refractivity contribution in [1.29, 1.82) is 0 Å². The number of ether oxygens (including phenoxy) is 2. The largest absolute Gasteiger partial charge is 0.488 e. The van der Waals surface area contributed by atoms with E-state index in [9.17, 15) is 4.79 Å². The van der Waals surface area contributed by atoms with Gasteiger partial charge in [0.05, 0.1) is 18.8 Å². The summed E-state index contributed by atoms with van der Waals surface area (Å²) in [5.41, 5.74) is 0.642. The average Bonchev–Trinajstić information content (AvgIpc) is 2.57. The minimum Gasteiger partial charge on any atom is -0.488 e. The van der Waals surface area contributed by atoms with E-state index >= 15 is 0 Å². The molecule has 4 nitrogen and oxygen atoms in total. The molecule has 0 spiro atoms. The monoisotopic (exact) mass is 289 g/mol. The Morgan fingerprint density at radius 1 is 1.14 bits per heavy atom. The summed E-state index contributed by atoms with van der Waals surface area (Å²) < 4.78 is 11.7. The van der Waals surface area contributed by atoms with Crippen LogP contribution < -0.4 is 4.74 Å². The standard InChI is InChI=1S/C17H23NO3/c19-13-14-5-1-3-7-16(14)21-17-8-4-2-6-15(17)18-9-11-20-12-10-18/h1,3,5,7,13,15,17H,2,4,6,8-12H2. The highest BCUT2D eigenvalue weighted by molar-refractivity contribution is 5.79. The van der Waals surface area contributed by atoms with Crippen molar-refractivity contribution in [3.63, 3.8) is 0 Å². The molecule has 0 radical (unpaired) electrons. The van der Waals surface area contributed by atoms with Crippen molar-refractivity contribution in [3.05, 3.63) is 29.8 Å². The van der Waals surface area contributed by atoms with Gasteiger partial charge in [0, 0.05) is 19.1 Å². The van der Waals surface area contributed by atoms with Crippen molar-refractivity contribution >= 4 is 6.29 Å². The fourth-order valence-corrected chi connectivity index (χ4v) is 3.39. The van der Waals surface area contributed by atoms with Crippen LogP contribution in [0.4, 0.5) is 0 Å². The third-order valence-electron chi connectivity index (χ3n) is 4.51. The summed E-state index contributed by atoms with van der Waals surface area (Å²) in [5.74, 6) is 0.720. The lowest BCUT2D eigenvalue weighted by Crippen LogP contribution is -2.52. The second-order valence-corrected chi connectivity index (χ2v) is 5.81. The maximum Gasteiger partial charge on any atom is 0.153 e. The molecule has 1 aliphatic heterocycles. The molecule has 0 aromatic heterocycles. The molecule has 1 aliphatic carbocycles. The minimum atomic E-state index is 0.179. The summed E-state index contributed by atoms with van der Waals surface area (Å²) in [5, 5.41) is 0. The first kappa shape index (κ1) is 14.5. The van der Waals surface area contributed by atoms with Crippen molar-refractivity contribution < 1.29 is 14.3 Å². The SMILES string of the molecule is O=Cc1ccccc1OC1CCCCC1N1CCOCC1. The molecular weight excluding hydrogens is 266 g/mol. The predicted molar refractivity (Wildman–Crippen MR) is 80.9 cm³/mol. The van der Waals surface area contributed by atoms with Crippen LogP contribution in [0.2, 0.25) is 0 Å². The van der Waals surface area contributed by atoms with Crippen LogP contribution in [0.15, 0.2) is 24.3 Å². The molecule has 114 valence electrons. The van der Waals surface area contributed by atoms with Gasteiger partial charge in [-0.1, -0.05) is 18.6 Å². The van der Waals surface area contributed by atoms with E-state index in [4.69, 9.17) is 9.47 Å². The Morgan fingerprint density at radius 2 is 1.90 bits per heavy atom. The summed E-state index contributed by atoms with van der Waals surface area (Å²) in [6.07, 6.45) is 5.76. The molecular formula is C17H23NO3. The Balaban J connectivity index is 1.73. The van der Waals surface area contributed by atoms with Crippen LogP contribution in [-0.4, -0.2) is 49.6 Å². The van der Waals surface area contributed by atoms with Gasteiger partial charge in [0.1, 0.15) is 11.9 Å². The van der Waals surface area contributed by atoms with E-state index in [1.54, 1.807) is 0 Å². The molecule has 2 unspecified atom stereocenters. The highest BCUT2D eigenvalue weighted by atomic mass is 16.5. The van der Waals surface area contributed by atoms with Crippen LogP contribution in [-0.2, 0) is 4.74 Å². The first-order valence-corrected chi connectivity index (χ1v) is 7.91. The molecule has 2 atom stereocenters. The van der Waals surface area contributed by atoms with Crippen LogP contribution in [0.5, 0.6) is 5.75 Å². The van der Waals surface area contributed by atoms with Crippen molar-refractivity contribution in [2.75, 3.05) is 26.3 Å². The normalized spacial score (nSPS) is 27.2. The van der Waals surface area contributed by atoms with Gasteiger partial charge in [-0.2, -0.15) is 0 Å². The van der Waals surface area contributed by atoms with E-state index in [-0.39, 0.29) is 6.10 Å². The Kier molecular flexibility index (Phi) is 4.88. The molecule has 4 heteroatoms. The maximum absolute atomic E-state index is 11.1. The van der Waals surface area contributed by atoms with Gasteiger partial charge in [-0.3, -0.25) is 9.69 Å². The van der Waals surface area contributed by atoms with Gasteiger partial charge in [0.25, 0.3) is 0 Å². The molecule has 3 rings (SSSR count). The van der Waals surface area contributed by atoms with Crippen molar-refractivity contribution in [2.24, 2.45) is 0 Å². The van der Waals surface area contributed by atoms with Crippen LogP contribution in [0.25, 0.3) is 0 Å². The molecule has 21 heavy (non-hydrogen) atoms. The van der Waals surface area contributed by atoms with Crippen LogP contribution in [0.3, 0.4) is 0 Å². The summed E-state index contributed by atoms with van der Waals surface area (Å²) >= 11 is 0. The molecule has 1 aromatic rings. The topological polar surface area (TPSA) is 38.8 Å². The average molecular weight is 289 g/mol. The van der Waals surface area contributed by atoms with Gasteiger partial charge in [0.15, 0.2) is 6.29 Å². The first-order valence-electron chi connectivity index (χ1n) is 7.91. The third kappa shape index (κ3) is 3.44. The van der Waals surface area contributed by atoms with E-state index in [1.807, 2.05) is 24.3 Å². The molecule has 0 N–H and O–H groups in total. The summed E-state index contributed by atoms with van der Waals surface area (Å²) in [7, 11) is 0. The maximum atomic E-state index is 11.1. The molecule has 0 bridgehead atoms. The minimum absolute atomic E-state index is 0.179. The molecule has 1 heterocycles. The van der Waals surface area contributed by atoms with E-state index in [1.165, 1.54) is 19.3 Å². The molecule has 0 amide bonds. The summed E-state index contributed by atoms with van der Waals surface area (Å²) in [6.45, 7) is 3.60. The number of para-hydroxylation sites is 1. The van der Waals surface area contributed by atoms with E-state index in [0.29, 0.717) is 11.6 Å². The van der Waals surface area contributed by atoms with Gasteiger partial charge < -0.3 is 9.47 Å². The van der Waals surface area contributed by atoms with Gasteiger partial charge in [-0.15, -0.1) is 0 Å². The third-order valence-corrected chi connectivity index (χ3v) is 4.51. The number of morpholine rings is 1. The van der Waals surface area contributed by atoms with Crippen molar-refractivity contribution in [2.45, 2.75) is 37.8 Å². The van der Waals surface area contributed by atoms with Gasteiger partial charge in [0.2, 0.25) is 0 Å². The number of hydrogen-bond acceptors (Lipinski definition) is 4. The quantitative estimate of drug-likeness (QED) is 0.798. The second kappa shape index (κ2) is 7.05. The molecule has 1 saturated heterocycles. The number of carbonyl (C=O) groups is 1. The number of hydrogen-bond donors (Lipinski definition) is 0. The Bertz CT molecular complexity index is 471. The predicted octanol–water partition coefficient (Wildman–Crippen LogP) is 2.52.